The third-order valence-electron chi connectivity index (χ3n) is 3.43. The number of phenols is 1. The molecular formula is C18H16N2O2S. The molecule has 0 aliphatic rings. The lowest BCUT2D eigenvalue weighted by atomic mass is 10.1. The van der Waals surface area contributed by atoms with Crippen molar-refractivity contribution in [3.05, 3.63) is 70.0 Å². The molecule has 23 heavy (non-hydrogen) atoms. The molecule has 0 saturated carbocycles. The second kappa shape index (κ2) is 6.62. The molecule has 0 unspecified atom stereocenters. The molecule has 3 rings (SSSR count). The molecular weight excluding hydrogens is 308 g/mol. The van der Waals surface area contributed by atoms with E-state index in [9.17, 15) is 9.90 Å². The SMILES string of the molecule is Cc1ccc(C(=O)NCc2nc(-c3ccc(O)cc3)cs2)cc1. The minimum Gasteiger partial charge on any atom is -0.508 e. The molecule has 0 fully saturated rings. The number of carbonyl (C=O) groups excluding carboxylic acids is 1. The summed E-state index contributed by atoms with van der Waals surface area (Å²) in [6.07, 6.45) is 0. The number of nitrogens with one attached hydrogen (secondary N) is 1. The predicted octanol–water partition coefficient (Wildman–Crippen LogP) is 3.75. The minimum atomic E-state index is -0.105. The summed E-state index contributed by atoms with van der Waals surface area (Å²) in [5, 5.41) is 15.0. The normalized spacial score (nSPS) is 10.5. The number of aromatic hydroxyl groups is 1. The van der Waals surface area contributed by atoms with Crippen LogP contribution in [-0.2, 0) is 6.54 Å². The van der Waals surface area contributed by atoms with Gasteiger partial charge in [0.05, 0.1) is 12.2 Å². The zero-order chi connectivity index (χ0) is 16.2. The number of nitrogens with zero attached hydrogens (tertiary/aromatic N) is 1. The van der Waals surface area contributed by atoms with Gasteiger partial charge in [0.25, 0.3) is 5.91 Å². The summed E-state index contributed by atoms with van der Waals surface area (Å²) in [5.41, 5.74) is 3.55. The maximum atomic E-state index is 12.1. The molecule has 116 valence electrons. The fourth-order valence-electron chi connectivity index (χ4n) is 2.12. The Labute approximate surface area is 138 Å². The molecule has 1 aromatic heterocycles. The van der Waals surface area contributed by atoms with Crippen molar-refractivity contribution in [2.45, 2.75) is 13.5 Å². The van der Waals surface area contributed by atoms with Crippen molar-refractivity contribution in [1.82, 2.24) is 10.3 Å². The van der Waals surface area contributed by atoms with Crippen molar-refractivity contribution in [1.29, 1.82) is 0 Å². The smallest absolute Gasteiger partial charge is 0.251 e. The second-order valence-corrected chi connectivity index (χ2v) is 6.16. The van der Waals surface area contributed by atoms with Gasteiger partial charge in [0.1, 0.15) is 10.8 Å². The molecule has 0 bridgehead atoms. The summed E-state index contributed by atoms with van der Waals surface area (Å²) in [6, 6.07) is 14.4. The summed E-state index contributed by atoms with van der Waals surface area (Å²) in [4.78, 5) is 16.6. The van der Waals surface area contributed by atoms with E-state index in [-0.39, 0.29) is 11.7 Å². The van der Waals surface area contributed by atoms with Crippen molar-refractivity contribution in [2.75, 3.05) is 0 Å². The molecule has 3 aromatic rings. The van der Waals surface area contributed by atoms with E-state index in [1.54, 1.807) is 12.1 Å². The average Bonchev–Trinajstić information content (AvgIpc) is 3.03. The molecule has 0 saturated heterocycles. The molecule has 0 aliphatic heterocycles. The van der Waals surface area contributed by atoms with Gasteiger partial charge in [-0.2, -0.15) is 0 Å². The first-order valence-corrected chi connectivity index (χ1v) is 8.08. The van der Waals surface area contributed by atoms with Gasteiger partial charge >= 0.3 is 0 Å². The van der Waals surface area contributed by atoms with Crippen LogP contribution >= 0.6 is 11.3 Å². The molecule has 1 amide bonds. The first kappa shape index (κ1) is 15.2. The quantitative estimate of drug-likeness (QED) is 0.768. The Morgan fingerprint density at radius 1 is 1.13 bits per heavy atom. The third kappa shape index (κ3) is 3.76. The average molecular weight is 324 g/mol. The van der Waals surface area contributed by atoms with Gasteiger partial charge < -0.3 is 10.4 Å². The van der Waals surface area contributed by atoms with E-state index >= 15 is 0 Å². The van der Waals surface area contributed by atoms with Crippen molar-refractivity contribution in [3.63, 3.8) is 0 Å². The molecule has 2 aromatic carbocycles. The van der Waals surface area contributed by atoms with Crippen LogP contribution in [0.15, 0.2) is 53.9 Å². The Kier molecular flexibility index (Phi) is 4.39. The summed E-state index contributed by atoms with van der Waals surface area (Å²) in [7, 11) is 0. The first-order valence-electron chi connectivity index (χ1n) is 7.20. The van der Waals surface area contributed by atoms with Crippen molar-refractivity contribution >= 4 is 17.2 Å². The van der Waals surface area contributed by atoms with Crippen LogP contribution in [0.3, 0.4) is 0 Å². The minimum absolute atomic E-state index is 0.105. The molecule has 0 aliphatic carbocycles. The van der Waals surface area contributed by atoms with E-state index in [4.69, 9.17) is 0 Å². The van der Waals surface area contributed by atoms with E-state index in [1.165, 1.54) is 11.3 Å². The number of thiazole rings is 1. The molecule has 0 atom stereocenters. The number of aromatic nitrogens is 1. The van der Waals surface area contributed by atoms with Crippen LogP contribution < -0.4 is 5.32 Å². The number of amides is 1. The largest absolute Gasteiger partial charge is 0.508 e. The summed E-state index contributed by atoms with van der Waals surface area (Å²) in [6.45, 7) is 2.39. The lowest BCUT2D eigenvalue weighted by Crippen LogP contribution is -2.22. The first-order chi connectivity index (χ1) is 11.1. The maximum absolute atomic E-state index is 12.1. The van der Waals surface area contributed by atoms with Crippen LogP contribution in [0.1, 0.15) is 20.9 Å². The van der Waals surface area contributed by atoms with Crippen LogP contribution in [0.5, 0.6) is 5.75 Å². The molecule has 1 heterocycles. The summed E-state index contributed by atoms with van der Waals surface area (Å²) in [5.74, 6) is 0.126. The van der Waals surface area contributed by atoms with Crippen LogP contribution in [0, 0.1) is 6.92 Å². The number of phenolic OH excluding ortho intramolecular Hbond substituents is 1. The number of benzene rings is 2. The van der Waals surface area contributed by atoms with Crippen molar-refractivity contribution < 1.29 is 9.90 Å². The molecule has 4 nitrogen and oxygen atoms in total. The van der Waals surface area contributed by atoms with E-state index in [0.717, 1.165) is 21.8 Å². The van der Waals surface area contributed by atoms with E-state index in [0.29, 0.717) is 12.1 Å². The topological polar surface area (TPSA) is 62.2 Å². The number of rotatable bonds is 4. The summed E-state index contributed by atoms with van der Waals surface area (Å²) >= 11 is 1.50. The van der Waals surface area contributed by atoms with Crippen LogP contribution in [0.25, 0.3) is 11.3 Å². The van der Waals surface area contributed by atoms with Crippen LogP contribution in [-0.4, -0.2) is 16.0 Å². The fraction of sp³-hybridized carbons (Fsp3) is 0.111. The third-order valence-corrected chi connectivity index (χ3v) is 4.28. The predicted molar refractivity (Wildman–Crippen MR) is 91.6 cm³/mol. The van der Waals surface area contributed by atoms with Gasteiger partial charge in [0.2, 0.25) is 0 Å². The number of hydrogen-bond acceptors (Lipinski definition) is 4. The Hall–Kier alpha value is -2.66. The van der Waals surface area contributed by atoms with Crippen molar-refractivity contribution in [3.8, 4) is 17.0 Å². The van der Waals surface area contributed by atoms with Gasteiger partial charge in [-0.3, -0.25) is 4.79 Å². The van der Waals surface area contributed by atoms with Gasteiger partial charge in [-0.05, 0) is 43.3 Å². The van der Waals surface area contributed by atoms with Gasteiger partial charge in [-0.25, -0.2) is 4.98 Å². The van der Waals surface area contributed by atoms with E-state index in [1.807, 2.05) is 48.7 Å². The van der Waals surface area contributed by atoms with Gasteiger partial charge in [-0.1, -0.05) is 17.7 Å². The van der Waals surface area contributed by atoms with Gasteiger partial charge in [0, 0.05) is 16.5 Å². The van der Waals surface area contributed by atoms with Crippen LogP contribution in [0.2, 0.25) is 0 Å². The van der Waals surface area contributed by atoms with Gasteiger partial charge in [0.15, 0.2) is 0 Å². The molecule has 2 N–H and O–H groups in total. The van der Waals surface area contributed by atoms with Crippen LogP contribution in [0.4, 0.5) is 0 Å². The number of carbonyl (C=O) groups is 1. The Morgan fingerprint density at radius 3 is 2.52 bits per heavy atom. The lowest BCUT2D eigenvalue weighted by molar-refractivity contribution is 0.0951. The highest BCUT2D eigenvalue weighted by Crippen LogP contribution is 2.23. The maximum Gasteiger partial charge on any atom is 0.251 e. The fourth-order valence-corrected chi connectivity index (χ4v) is 2.86. The molecule has 5 heteroatoms. The van der Waals surface area contributed by atoms with Crippen molar-refractivity contribution in [2.24, 2.45) is 0 Å². The van der Waals surface area contributed by atoms with E-state index in [2.05, 4.69) is 10.3 Å². The summed E-state index contributed by atoms with van der Waals surface area (Å²) < 4.78 is 0. The number of aryl methyl sites for hydroxylation is 1. The highest BCUT2D eigenvalue weighted by atomic mass is 32.1. The highest BCUT2D eigenvalue weighted by molar-refractivity contribution is 7.09. The molecule has 0 radical (unpaired) electrons. The van der Waals surface area contributed by atoms with Gasteiger partial charge in [-0.15, -0.1) is 11.3 Å². The number of hydrogen-bond donors (Lipinski definition) is 2. The highest BCUT2D eigenvalue weighted by Gasteiger charge is 2.08. The zero-order valence-electron chi connectivity index (χ0n) is 12.6. The second-order valence-electron chi connectivity index (χ2n) is 5.22. The monoisotopic (exact) mass is 324 g/mol. The lowest BCUT2D eigenvalue weighted by Gasteiger charge is -2.03. The Bertz CT molecular complexity index is 808. The Balaban J connectivity index is 1.64. The van der Waals surface area contributed by atoms with E-state index < -0.39 is 0 Å². The standard InChI is InChI=1S/C18H16N2O2S/c1-12-2-4-14(5-3-12)18(22)19-10-17-20-16(11-23-17)13-6-8-15(21)9-7-13/h2-9,11,21H,10H2,1H3,(H,19,22). The Morgan fingerprint density at radius 2 is 1.83 bits per heavy atom. The molecule has 0 spiro atoms. The zero-order valence-corrected chi connectivity index (χ0v) is 13.4.